The maximum absolute atomic E-state index is 12.9. The van der Waals surface area contributed by atoms with E-state index in [0.29, 0.717) is 31.5 Å². The summed E-state index contributed by atoms with van der Waals surface area (Å²) >= 11 is 0. The minimum Gasteiger partial charge on any atom is -0.469 e. The van der Waals surface area contributed by atoms with Crippen molar-refractivity contribution in [2.45, 2.75) is 19.8 Å². The molecule has 0 atom stereocenters. The maximum atomic E-state index is 12.9. The number of rotatable bonds is 6. The molecule has 0 radical (unpaired) electrons. The van der Waals surface area contributed by atoms with Crippen molar-refractivity contribution in [2.24, 2.45) is 5.92 Å². The molecule has 1 aliphatic rings. The molecular formula is C24H25NO6. The fourth-order valence-corrected chi connectivity index (χ4v) is 3.55. The van der Waals surface area contributed by atoms with Gasteiger partial charge in [-0.05, 0) is 25.8 Å². The Labute approximate surface area is 180 Å². The van der Waals surface area contributed by atoms with Gasteiger partial charge in [-0.1, -0.05) is 48.0 Å². The number of carbonyl (C=O) groups excluding carboxylic acids is 4. The molecule has 1 amide bonds. The van der Waals surface area contributed by atoms with Gasteiger partial charge < -0.3 is 14.4 Å². The molecule has 1 fully saturated rings. The molecule has 0 spiro atoms. The Hall–Kier alpha value is -3.48. The zero-order valence-corrected chi connectivity index (χ0v) is 17.6. The molecule has 0 aliphatic carbocycles. The summed E-state index contributed by atoms with van der Waals surface area (Å²) in [6.45, 7) is 2.31. The van der Waals surface area contributed by atoms with Crippen molar-refractivity contribution in [3.63, 3.8) is 0 Å². The summed E-state index contributed by atoms with van der Waals surface area (Å²) in [5.41, 5.74) is 1.83. The van der Waals surface area contributed by atoms with Crippen LogP contribution in [0.1, 0.15) is 44.7 Å². The Morgan fingerprint density at radius 1 is 0.935 bits per heavy atom. The van der Waals surface area contributed by atoms with E-state index >= 15 is 0 Å². The molecule has 0 aromatic heterocycles. The van der Waals surface area contributed by atoms with E-state index < -0.39 is 12.6 Å². The summed E-state index contributed by atoms with van der Waals surface area (Å²) in [5, 5.41) is 0. The van der Waals surface area contributed by atoms with Gasteiger partial charge in [0, 0.05) is 24.2 Å². The number of hydrogen-bond acceptors (Lipinski definition) is 6. The molecule has 7 nitrogen and oxygen atoms in total. The van der Waals surface area contributed by atoms with Gasteiger partial charge in [-0.3, -0.25) is 14.4 Å². The monoisotopic (exact) mass is 423 g/mol. The highest BCUT2D eigenvalue weighted by atomic mass is 16.5. The number of ketones is 1. The Morgan fingerprint density at radius 3 is 2.16 bits per heavy atom. The minimum atomic E-state index is -0.728. The Bertz CT molecular complexity index is 974. The van der Waals surface area contributed by atoms with E-state index in [0.717, 1.165) is 5.56 Å². The van der Waals surface area contributed by atoms with E-state index in [4.69, 9.17) is 9.47 Å². The van der Waals surface area contributed by atoms with Crippen molar-refractivity contribution < 1.29 is 28.7 Å². The normalized spacial score (nSPS) is 14.1. The second-order valence-corrected chi connectivity index (χ2v) is 7.50. The Balaban J connectivity index is 1.61. The van der Waals surface area contributed by atoms with Crippen LogP contribution < -0.4 is 0 Å². The smallest absolute Gasteiger partial charge is 0.339 e. The van der Waals surface area contributed by atoms with Crippen LogP contribution in [-0.4, -0.2) is 55.3 Å². The van der Waals surface area contributed by atoms with Crippen molar-refractivity contribution in [1.82, 2.24) is 4.90 Å². The van der Waals surface area contributed by atoms with E-state index in [2.05, 4.69) is 0 Å². The molecule has 0 bridgehead atoms. The zero-order chi connectivity index (χ0) is 22.4. The Kier molecular flexibility index (Phi) is 7.18. The number of benzene rings is 2. The van der Waals surface area contributed by atoms with E-state index in [9.17, 15) is 19.2 Å². The number of amides is 1. The lowest BCUT2D eigenvalue weighted by Gasteiger charge is -2.30. The predicted molar refractivity (Wildman–Crippen MR) is 113 cm³/mol. The summed E-state index contributed by atoms with van der Waals surface area (Å²) in [6, 6.07) is 13.5. The summed E-state index contributed by atoms with van der Waals surface area (Å²) in [7, 11) is 1.35. The second-order valence-electron chi connectivity index (χ2n) is 7.50. The lowest BCUT2D eigenvalue weighted by atomic mass is 9.97. The lowest BCUT2D eigenvalue weighted by molar-refractivity contribution is -0.149. The predicted octanol–water partition coefficient (Wildman–Crippen LogP) is 2.79. The van der Waals surface area contributed by atoms with Crippen LogP contribution in [0.4, 0.5) is 0 Å². The van der Waals surface area contributed by atoms with Gasteiger partial charge >= 0.3 is 11.9 Å². The highest BCUT2D eigenvalue weighted by Crippen LogP contribution is 2.19. The number of hydrogen-bond donors (Lipinski definition) is 0. The topological polar surface area (TPSA) is 90.0 Å². The van der Waals surface area contributed by atoms with Gasteiger partial charge in [-0.2, -0.15) is 0 Å². The molecule has 0 saturated carbocycles. The van der Waals surface area contributed by atoms with Gasteiger partial charge in [0.05, 0.1) is 18.6 Å². The number of methoxy groups -OCH3 is 1. The molecule has 2 aromatic rings. The van der Waals surface area contributed by atoms with Gasteiger partial charge in [0.25, 0.3) is 5.91 Å². The third-order valence-electron chi connectivity index (χ3n) is 5.41. The SMILES string of the molecule is COC(=O)C1CCN(C(=O)COC(=O)c2ccccc2C(=O)c2ccc(C)cc2)CC1. The van der Waals surface area contributed by atoms with Crippen LogP contribution in [0.25, 0.3) is 0 Å². The average molecular weight is 423 g/mol. The molecule has 0 N–H and O–H groups in total. The Morgan fingerprint density at radius 2 is 1.55 bits per heavy atom. The fraction of sp³-hybridized carbons (Fsp3) is 0.333. The standard InChI is InChI=1S/C24H25NO6/c1-16-7-9-17(10-8-16)22(27)19-5-3-4-6-20(19)24(29)31-15-21(26)25-13-11-18(12-14-25)23(28)30-2/h3-10,18H,11-15H2,1-2H3. The quantitative estimate of drug-likeness (QED) is 0.524. The average Bonchev–Trinajstić information content (AvgIpc) is 2.82. The van der Waals surface area contributed by atoms with Crippen molar-refractivity contribution in [1.29, 1.82) is 0 Å². The molecule has 1 heterocycles. The van der Waals surface area contributed by atoms with Crippen molar-refractivity contribution in [3.05, 3.63) is 70.8 Å². The highest BCUT2D eigenvalue weighted by molar-refractivity contribution is 6.14. The van der Waals surface area contributed by atoms with Crippen molar-refractivity contribution in [3.8, 4) is 0 Å². The zero-order valence-electron chi connectivity index (χ0n) is 17.6. The first kappa shape index (κ1) is 22.2. The van der Waals surface area contributed by atoms with Gasteiger partial charge in [0.15, 0.2) is 12.4 Å². The van der Waals surface area contributed by atoms with E-state index in [-0.39, 0.29) is 34.7 Å². The summed E-state index contributed by atoms with van der Waals surface area (Å²) in [4.78, 5) is 51.1. The van der Waals surface area contributed by atoms with Crippen LogP contribution in [0.5, 0.6) is 0 Å². The van der Waals surface area contributed by atoms with Gasteiger partial charge in [0.2, 0.25) is 0 Å². The van der Waals surface area contributed by atoms with Gasteiger partial charge in [-0.15, -0.1) is 0 Å². The number of ether oxygens (including phenoxy) is 2. The summed E-state index contributed by atoms with van der Waals surface area (Å²) in [5.74, 6) is -1.83. The van der Waals surface area contributed by atoms with Crippen molar-refractivity contribution in [2.75, 3.05) is 26.8 Å². The molecule has 3 rings (SSSR count). The largest absolute Gasteiger partial charge is 0.469 e. The van der Waals surface area contributed by atoms with Crippen LogP contribution >= 0.6 is 0 Å². The number of nitrogens with zero attached hydrogens (tertiary/aromatic N) is 1. The number of esters is 2. The first-order valence-electron chi connectivity index (χ1n) is 10.1. The summed E-state index contributed by atoms with van der Waals surface area (Å²) < 4.78 is 9.95. The van der Waals surface area contributed by atoms with Gasteiger partial charge in [-0.25, -0.2) is 4.79 Å². The summed E-state index contributed by atoms with van der Waals surface area (Å²) in [6.07, 6.45) is 1.03. The van der Waals surface area contributed by atoms with Gasteiger partial charge in [0.1, 0.15) is 0 Å². The third kappa shape index (κ3) is 5.36. The number of carbonyl (C=O) groups is 4. The molecule has 162 valence electrons. The molecule has 2 aromatic carbocycles. The van der Waals surface area contributed by atoms with Crippen LogP contribution in [0, 0.1) is 12.8 Å². The van der Waals surface area contributed by atoms with Crippen LogP contribution in [-0.2, 0) is 19.1 Å². The van der Waals surface area contributed by atoms with Crippen LogP contribution in [0.15, 0.2) is 48.5 Å². The van der Waals surface area contributed by atoms with E-state index in [1.165, 1.54) is 13.2 Å². The first-order valence-corrected chi connectivity index (χ1v) is 10.1. The lowest BCUT2D eigenvalue weighted by Crippen LogP contribution is -2.42. The molecule has 7 heteroatoms. The number of aryl methyl sites for hydroxylation is 1. The van der Waals surface area contributed by atoms with Crippen LogP contribution in [0.3, 0.4) is 0 Å². The molecule has 31 heavy (non-hydrogen) atoms. The van der Waals surface area contributed by atoms with Crippen molar-refractivity contribution >= 4 is 23.6 Å². The molecule has 0 unspecified atom stereocenters. The first-order chi connectivity index (χ1) is 14.9. The number of piperidine rings is 1. The highest BCUT2D eigenvalue weighted by Gasteiger charge is 2.28. The maximum Gasteiger partial charge on any atom is 0.339 e. The molecular weight excluding hydrogens is 398 g/mol. The third-order valence-corrected chi connectivity index (χ3v) is 5.41. The second kappa shape index (κ2) is 10.0. The molecule has 1 aliphatic heterocycles. The van der Waals surface area contributed by atoms with E-state index in [1.54, 1.807) is 35.2 Å². The van der Waals surface area contributed by atoms with E-state index in [1.807, 2.05) is 19.1 Å². The molecule has 1 saturated heterocycles. The number of likely N-dealkylation sites (tertiary alicyclic amines) is 1. The van der Waals surface area contributed by atoms with Crippen LogP contribution in [0.2, 0.25) is 0 Å². The minimum absolute atomic E-state index is 0.116. The fourth-order valence-electron chi connectivity index (χ4n) is 3.55.